The van der Waals surface area contributed by atoms with Gasteiger partial charge in [-0.05, 0) is 36.5 Å². The number of methoxy groups -OCH3 is 1. The molecule has 1 amide bonds. The van der Waals surface area contributed by atoms with E-state index in [2.05, 4.69) is 17.3 Å². The van der Waals surface area contributed by atoms with Gasteiger partial charge in [0.1, 0.15) is 17.1 Å². The third kappa shape index (κ3) is 3.85. The molecule has 2 aromatic rings. The number of hydrogen-bond donors (Lipinski definition) is 1. The molecule has 0 saturated carbocycles. The van der Waals surface area contributed by atoms with Gasteiger partial charge in [-0.3, -0.25) is 4.79 Å². The average Bonchev–Trinajstić information content (AvgIpc) is 3.16. The minimum absolute atomic E-state index is 0.125. The van der Waals surface area contributed by atoms with Crippen molar-refractivity contribution in [2.75, 3.05) is 25.5 Å². The van der Waals surface area contributed by atoms with E-state index in [1.54, 1.807) is 29.2 Å². The Kier molecular flexibility index (Phi) is 5.38. The van der Waals surface area contributed by atoms with Gasteiger partial charge in [-0.2, -0.15) is 18.3 Å². The molecule has 4 rings (SSSR count). The number of fused-ring (bicyclic) bond motifs is 1. The molecular formula is C21H25F3N4O2. The van der Waals surface area contributed by atoms with Crippen molar-refractivity contribution in [3.05, 3.63) is 41.6 Å². The van der Waals surface area contributed by atoms with Gasteiger partial charge < -0.3 is 15.0 Å². The number of nitrogens with zero attached hydrogens (tertiary/aromatic N) is 3. The van der Waals surface area contributed by atoms with E-state index >= 15 is 0 Å². The van der Waals surface area contributed by atoms with Crippen LogP contribution in [0.3, 0.4) is 0 Å². The topological polar surface area (TPSA) is 59.4 Å². The molecule has 30 heavy (non-hydrogen) atoms. The number of ether oxygens (including phenoxy) is 1. The minimum Gasteiger partial charge on any atom is -0.497 e. The number of halogens is 3. The lowest BCUT2D eigenvalue weighted by molar-refractivity contribution is -0.173. The summed E-state index contributed by atoms with van der Waals surface area (Å²) in [6, 6.07) is 4.52. The first-order valence-corrected chi connectivity index (χ1v) is 10.1. The lowest BCUT2D eigenvalue weighted by Gasteiger charge is -2.35. The second-order valence-electron chi connectivity index (χ2n) is 8.09. The van der Waals surface area contributed by atoms with E-state index in [0.717, 1.165) is 17.5 Å². The summed E-state index contributed by atoms with van der Waals surface area (Å²) in [5.74, 6) is 0.957. The van der Waals surface area contributed by atoms with Gasteiger partial charge in [-0.25, -0.2) is 4.68 Å². The van der Waals surface area contributed by atoms with Crippen molar-refractivity contribution in [2.45, 2.75) is 44.4 Å². The molecule has 1 aromatic carbocycles. The number of alkyl halides is 3. The van der Waals surface area contributed by atoms with Crippen molar-refractivity contribution in [2.24, 2.45) is 5.92 Å². The van der Waals surface area contributed by atoms with Gasteiger partial charge in [0, 0.05) is 19.5 Å². The van der Waals surface area contributed by atoms with Gasteiger partial charge in [-0.15, -0.1) is 0 Å². The summed E-state index contributed by atoms with van der Waals surface area (Å²) in [4.78, 5) is 14.8. The Bertz CT molecular complexity index is 919. The second-order valence-corrected chi connectivity index (χ2v) is 8.09. The Balaban J connectivity index is 1.68. The molecule has 2 aliphatic heterocycles. The number of anilines is 1. The van der Waals surface area contributed by atoms with Crippen LogP contribution in [-0.4, -0.2) is 47.0 Å². The molecule has 2 atom stereocenters. The van der Waals surface area contributed by atoms with E-state index in [1.807, 2.05) is 0 Å². The fraction of sp³-hybridized carbons (Fsp3) is 0.524. The third-order valence-corrected chi connectivity index (χ3v) is 6.04. The van der Waals surface area contributed by atoms with Gasteiger partial charge in [0.25, 0.3) is 5.91 Å². The lowest BCUT2D eigenvalue weighted by atomic mass is 9.96. The maximum Gasteiger partial charge on any atom is 0.410 e. The molecule has 9 heteroatoms. The summed E-state index contributed by atoms with van der Waals surface area (Å²) in [5, 5.41) is 7.10. The molecule has 3 heterocycles. The number of piperidine rings is 1. The van der Waals surface area contributed by atoms with Gasteiger partial charge >= 0.3 is 6.18 Å². The molecule has 0 unspecified atom stereocenters. The zero-order chi connectivity index (χ0) is 21.5. The summed E-state index contributed by atoms with van der Waals surface area (Å²) >= 11 is 0. The van der Waals surface area contributed by atoms with Crippen molar-refractivity contribution in [3.63, 3.8) is 0 Å². The van der Waals surface area contributed by atoms with Gasteiger partial charge in [-0.1, -0.05) is 19.1 Å². The van der Waals surface area contributed by atoms with Crippen LogP contribution in [0.5, 0.6) is 5.75 Å². The molecule has 0 radical (unpaired) electrons. The zero-order valence-corrected chi connectivity index (χ0v) is 16.9. The Labute approximate surface area is 173 Å². The van der Waals surface area contributed by atoms with Crippen LogP contribution in [0.4, 0.5) is 19.0 Å². The van der Waals surface area contributed by atoms with Crippen LogP contribution in [0.2, 0.25) is 0 Å². The number of likely N-dealkylation sites (tertiary alicyclic amines) is 1. The van der Waals surface area contributed by atoms with Crippen LogP contribution in [-0.2, 0) is 0 Å². The summed E-state index contributed by atoms with van der Waals surface area (Å²) in [7, 11) is 1.51. The van der Waals surface area contributed by atoms with Crippen molar-refractivity contribution >= 4 is 11.7 Å². The maximum absolute atomic E-state index is 13.9. The van der Waals surface area contributed by atoms with Crippen molar-refractivity contribution in [3.8, 4) is 5.75 Å². The Morgan fingerprint density at radius 2 is 2.00 bits per heavy atom. The van der Waals surface area contributed by atoms with Gasteiger partial charge in [0.05, 0.1) is 19.3 Å². The quantitative estimate of drug-likeness (QED) is 0.795. The van der Waals surface area contributed by atoms with E-state index in [-0.39, 0.29) is 23.7 Å². The van der Waals surface area contributed by atoms with E-state index in [4.69, 9.17) is 4.74 Å². The first-order chi connectivity index (χ1) is 14.3. The molecule has 162 valence electrons. The highest BCUT2D eigenvalue weighted by Gasteiger charge is 2.47. The monoisotopic (exact) mass is 422 g/mol. The van der Waals surface area contributed by atoms with Crippen LogP contribution in [0.1, 0.15) is 54.2 Å². The van der Waals surface area contributed by atoms with Gasteiger partial charge in [0.15, 0.2) is 6.04 Å². The fourth-order valence-corrected chi connectivity index (χ4v) is 4.18. The van der Waals surface area contributed by atoms with Crippen LogP contribution in [0.15, 0.2) is 30.5 Å². The molecule has 0 bridgehead atoms. The van der Waals surface area contributed by atoms with E-state index in [1.165, 1.54) is 13.3 Å². The highest BCUT2D eigenvalue weighted by Crippen LogP contribution is 2.44. The Morgan fingerprint density at radius 1 is 1.27 bits per heavy atom. The number of amides is 1. The number of carbonyl (C=O) groups excluding carboxylic acids is 1. The minimum atomic E-state index is -4.49. The second kappa shape index (κ2) is 7.85. The Hall–Kier alpha value is -2.71. The van der Waals surface area contributed by atoms with Crippen LogP contribution < -0.4 is 10.1 Å². The average molecular weight is 422 g/mol. The third-order valence-electron chi connectivity index (χ3n) is 6.04. The molecule has 1 N–H and O–H groups in total. The standard InChI is InChI=1S/C21H25F3N4O2/c1-13-6-8-27(9-7-13)20(29)16-12-25-28-18(21(22,23)24)11-17(26-19(16)28)14-4-3-5-15(10-14)30-2/h3-5,10,12-13,17-18,26H,6-9,11H2,1-2H3/t17-,18+/m0/s1. The van der Waals surface area contributed by atoms with E-state index < -0.39 is 18.3 Å². The maximum atomic E-state index is 13.9. The summed E-state index contributed by atoms with van der Waals surface area (Å²) in [6.07, 6.45) is -1.67. The lowest BCUT2D eigenvalue weighted by Crippen LogP contribution is -2.39. The number of benzene rings is 1. The molecule has 1 aromatic heterocycles. The first kappa shape index (κ1) is 20.6. The molecule has 0 aliphatic carbocycles. The summed E-state index contributed by atoms with van der Waals surface area (Å²) in [6.45, 7) is 3.34. The summed E-state index contributed by atoms with van der Waals surface area (Å²) in [5.41, 5.74) is 0.854. The number of hydrogen-bond acceptors (Lipinski definition) is 4. The van der Waals surface area contributed by atoms with Crippen molar-refractivity contribution in [1.82, 2.24) is 14.7 Å². The molecule has 1 saturated heterocycles. The van der Waals surface area contributed by atoms with Gasteiger partial charge in [0.2, 0.25) is 0 Å². The first-order valence-electron chi connectivity index (χ1n) is 10.1. The van der Waals surface area contributed by atoms with Crippen LogP contribution in [0.25, 0.3) is 0 Å². The molecular weight excluding hydrogens is 397 g/mol. The van der Waals surface area contributed by atoms with Crippen molar-refractivity contribution in [1.29, 1.82) is 0 Å². The van der Waals surface area contributed by atoms with Crippen LogP contribution >= 0.6 is 0 Å². The predicted molar refractivity (Wildman–Crippen MR) is 106 cm³/mol. The molecule has 0 spiro atoms. The fourth-order valence-electron chi connectivity index (χ4n) is 4.18. The highest BCUT2D eigenvalue weighted by atomic mass is 19.4. The number of nitrogens with one attached hydrogen (secondary N) is 1. The number of carbonyl (C=O) groups is 1. The normalized spacial score (nSPS) is 22.4. The smallest absolute Gasteiger partial charge is 0.410 e. The van der Waals surface area contributed by atoms with Crippen molar-refractivity contribution < 1.29 is 22.7 Å². The number of rotatable bonds is 3. The largest absolute Gasteiger partial charge is 0.497 e. The molecule has 2 aliphatic rings. The molecule has 1 fully saturated rings. The number of aromatic nitrogens is 2. The SMILES string of the molecule is COc1cccc([C@@H]2C[C@H](C(F)(F)F)n3ncc(C(=O)N4CCC(C)CC4)c3N2)c1. The highest BCUT2D eigenvalue weighted by molar-refractivity contribution is 5.99. The van der Waals surface area contributed by atoms with Crippen LogP contribution in [0, 0.1) is 5.92 Å². The zero-order valence-electron chi connectivity index (χ0n) is 16.9. The summed E-state index contributed by atoms with van der Waals surface area (Å²) < 4.78 is 47.7. The predicted octanol–water partition coefficient (Wildman–Crippen LogP) is 4.42. The molecule has 6 nitrogen and oxygen atoms in total. The van der Waals surface area contributed by atoms with E-state index in [9.17, 15) is 18.0 Å². The Morgan fingerprint density at radius 3 is 2.67 bits per heavy atom. The van der Waals surface area contributed by atoms with E-state index in [0.29, 0.717) is 30.3 Å².